The lowest BCUT2D eigenvalue weighted by molar-refractivity contribution is 0.632. The monoisotopic (exact) mass is 197 g/mol. The van der Waals surface area contributed by atoms with Crippen molar-refractivity contribution in [2.24, 2.45) is 0 Å². The molecule has 2 aromatic rings. The topological polar surface area (TPSA) is 40.8 Å². The molecule has 1 aliphatic heterocycles. The van der Waals surface area contributed by atoms with Crippen LogP contribution in [0, 0.1) is 11.3 Å². The smallest absolute Gasteiger partial charge is 0.0991 e. The molecule has 0 atom stereocenters. The fraction of sp³-hybridized carbons (Fsp3) is 0.250. The number of benzene rings is 1. The minimum atomic E-state index is 0.749. The standard InChI is InChI=1S/C12H11N3/c13-7-9-5-10-1-3-15-4-2-14-8-11(6-9)12(10)15/h1,3,5-6,14H,2,4,8H2. The predicted octanol–water partition coefficient (Wildman–Crippen LogP) is 1.62. The lowest BCUT2D eigenvalue weighted by atomic mass is 10.1. The Morgan fingerprint density at radius 1 is 1.40 bits per heavy atom. The van der Waals surface area contributed by atoms with Crippen LogP contribution in [-0.4, -0.2) is 11.1 Å². The molecule has 1 aromatic heterocycles. The SMILES string of the molecule is N#Cc1cc2c3c(ccn3CCNC2)c1. The van der Waals surface area contributed by atoms with Crippen LogP contribution < -0.4 is 5.32 Å². The van der Waals surface area contributed by atoms with Crippen LogP contribution in [0.15, 0.2) is 24.4 Å². The Kier molecular flexibility index (Phi) is 1.77. The van der Waals surface area contributed by atoms with E-state index in [1.165, 1.54) is 16.5 Å². The Hall–Kier alpha value is -1.79. The lowest BCUT2D eigenvalue weighted by Crippen LogP contribution is -2.15. The maximum Gasteiger partial charge on any atom is 0.0991 e. The Morgan fingerprint density at radius 3 is 3.20 bits per heavy atom. The summed E-state index contributed by atoms with van der Waals surface area (Å²) in [4.78, 5) is 0. The van der Waals surface area contributed by atoms with Crippen LogP contribution in [0.1, 0.15) is 11.1 Å². The van der Waals surface area contributed by atoms with Crippen LogP contribution in [0.5, 0.6) is 0 Å². The van der Waals surface area contributed by atoms with Gasteiger partial charge in [-0.2, -0.15) is 5.26 Å². The zero-order valence-corrected chi connectivity index (χ0v) is 8.33. The summed E-state index contributed by atoms with van der Waals surface area (Å²) in [5.41, 5.74) is 3.25. The number of hydrogen-bond donors (Lipinski definition) is 1. The number of rotatable bonds is 0. The molecular formula is C12H11N3. The summed E-state index contributed by atoms with van der Waals surface area (Å²) in [6, 6.07) is 8.24. The van der Waals surface area contributed by atoms with Crippen molar-refractivity contribution in [1.82, 2.24) is 9.88 Å². The molecule has 0 saturated heterocycles. The molecular weight excluding hydrogens is 186 g/mol. The molecule has 3 nitrogen and oxygen atoms in total. The normalized spacial score (nSPS) is 14.9. The molecule has 0 unspecified atom stereocenters. The number of hydrogen-bond acceptors (Lipinski definition) is 2. The zero-order valence-electron chi connectivity index (χ0n) is 8.33. The van der Waals surface area contributed by atoms with Crippen molar-refractivity contribution in [3.8, 4) is 6.07 Å². The summed E-state index contributed by atoms with van der Waals surface area (Å²) in [5, 5.41) is 13.5. The second-order valence-corrected chi connectivity index (χ2v) is 3.87. The lowest BCUT2D eigenvalue weighted by Gasteiger charge is -2.03. The second kappa shape index (κ2) is 3.11. The van der Waals surface area contributed by atoms with Gasteiger partial charge in [0.15, 0.2) is 0 Å². The summed E-state index contributed by atoms with van der Waals surface area (Å²) < 4.78 is 2.26. The van der Waals surface area contributed by atoms with E-state index in [1.54, 1.807) is 0 Å². The molecule has 0 bridgehead atoms. The molecule has 74 valence electrons. The second-order valence-electron chi connectivity index (χ2n) is 3.87. The first-order valence-corrected chi connectivity index (χ1v) is 5.11. The Bertz CT molecular complexity index is 560. The molecule has 0 aliphatic carbocycles. The van der Waals surface area contributed by atoms with Gasteiger partial charge in [-0.05, 0) is 23.8 Å². The third-order valence-corrected chi connectivity index (χ3v) is 2.91. The van der Waals surface area contributed by atoms with E-state index in [0.29, 0.717) is 0 Å². The Morgan fingerprint density at radius 2 is 2.33 bits per heavy atom. The summed E-state index contributed by atoms with van der Waals surface area (Å²) >= 11 is 0. The van der Waals surface area contributed by atoms with Crippen molar-refractivity contribution in [2.75, 3.05) is 6.54 Å². The van der Waals surface area contributed by atoms with Crippen LogP contribution in [0.25, 0.3) is 10.9 Å². The van der Waals surface area contributed by atoms with Gasteiger partial charge in [0.05, 0.1) is 17.1 Å². The first-order chi connectivity index (χ1) is 7.38. The van der Waals surface area contributed by atoms with Crippen molar-refractivity contribution in [2.45, 2.75) is 13.1 Å². The minimum absolute atomic E-state index is 0.749. The number of nitriles is 1. The molecule has 1 aliphatic rings. The highest BCUT2D eigenvalue weighted by atomic mass is 15.0. The minimum Gasteiger partial charge on any atom is -0.346 e. The molecule has 1 aromatic carbocycles. The Balaban J connectivity index is 2.37. The van der Waals surface area contributed by atoms with Crippen LogP contribution in [0.2, 0.25) is 0 Å². The average molecular weight is 197 g/mol. The van der Waals surface area contributed by atoms with Crippen LogP contribution in [-0.2, 0) is 13.1 Å². The molecule has 15 heavy (non-hydrogen) atoms. The van der Waals surface area contributed by atoms with Gasteiger partial charge in [-0.25, -0.2) is 0 Å². The third-order valence-electron chi connectivity index (χ3n) is 2.91. The molecule has 0 fully saturated rings. The van der Waals surface area contributed by atoms with Crippen molar-refractivity contribution in [3.63, 3.8) is 0 Å². The van der Waals surface area contributed by atoms with Crippen molar-refractivity contribution in [3.05, 3.63) is 35.5 Å². The van der Waals surface area contributed by atoms with E-state index in [1.807, 2.05) is 12.1 Å². The first kappa shape index (κ1) is 8.51. The van der Waals surface area contributed by atoms with Crippen molar-refractivity contribution in [1.29, 1.82) is 5.26 Å². The van der Waals surface area contributed by atoms with Gasteiger partial charge >= 0.3 is 0 Å². The van der Waals surface area contributed by atoms with E-state index in [2.05, 4.69) is 28.2 Å². The highest BCUT2D eigenvalue weighted by Crippen LogP contribution is 2.23. The molecule has 0 radical (unpaired) electrons. The van der Waals surface area contributed by atoms with E-state index in [4.69, 9.17) is 5.26 Å². The van der Waals surface area contributed by atoms with E-state index in [0.717, 1.165) is 25.2 Å². The van der Waals surface area contributed by atoms with Crippen molar-refractivity contribution < 1.29 is 0 Å². The quantitative estimate of drug-likeness (QED) is 0.697. The van der Waals surface area contributed by atoms with Gasteiger partial charge in [0.1, 0.15) is 0 Å². The van der Waals surface area contributed by atoms with Gasteiger partial charge in [0.2, 0.25) is 0 Å². The summed E-state index contributed by atoms with van der Waals surface area (Å²) in [5.74, 6) is 0. The van der Waals surface area contributed by atoms with Crippen LogP contribution in [0.4, 0.5) is 0 Å². The summed E-state index contributed by atoms with van der Waals surface area (Å²) in [6.45, 7) is 2.85. The molecule has 2 heterocycles. The van der Waals surface area contributed by atoms with Gasteiger partial charge in [-0.15, -0.1) is 0 Å². The van der Waals surface area contributed by atoms with Gasteiger partial charge in [-0.1, -0.05) is 0 Å². The average Bonchev–Trinajstić information content (AvgIpc) is 2.55. The molecule has 0 amide bonds. The zero-order chi connectivity index (χ0) is 10.3. The van der Waals surface area contributed by atoms with Gasteiger partial charge < -0.3 is 9.88 Å². The summed E-state index contributed by atoms with van der Waals surface area (Å²) in [7, 11) is 0. The fourth-order valence-corrected chi connectivity index (χ4v) is 2.25. The van der Waals surface area contributed by atoms with E-state index < -0.39 is 0 Å². The maximum absolute atomic E-state index is 8.93. The molecule has 0 spiro atoms. The number of nitrogens with zero attached hydrogens (tertiary/aromatic N) is 2. The van der Waals surface area contributed by atoms with Gasteiger partial charge in [-0.3, -0.25) is 0 Å². The maximum atomic E-state index is 8.93. The van der Waals surface area contributed by atoms with Gasteiger partial charge in [0.25, 0.3) is 0 Å². The van der Waals surface area contributed by atoms with Crippen LogP contribution in [0.3, 0.4) is 0 Å². The summed E-state index contributed by atoms with van der Waals surface area (Å²) in [6.07, 6.45) is 2.10. The molecule has 0 saturated carbocycles. The van der Waals surface area contributed by atoms with Gasteiger partial charge in [0, 0.05) is 31.2 Å². The highest BCUT2D eigenvalue weighted by Gasteiger charge is 2.11. The Labute approximate surface area is 87.9 Å². The largest absolute Gasteiger partial charge is 0.346 e. The fourth-order valence-electron chi connectivity index (χ4n) is 2.25. The first-order valence-electron chi connectivity index (χ1n) is 5.11. The van der Waals surface area contributed by atoms with E-state index in [-0.39, 0.29) is 0 Å². The number of nitrogens with one attached hydrogen (secondary N) is 1. The predicted molar refractivity (Wildman–Crippen MR) is 58.4 cm³/mol. The third kappa shape index (κ3) is 1.23. The molecule has 3 rings (SSSR count). The number of aromatic nitrogens is 1. The molecule has 1 N–H and O–H groups in total. The highest BCUT2D eigenvalue weighted by molar-refractivity contribution is 5.85. The van der Waals surface area contributed by atoms with E-state index in [9.17, 15) is 0 Å². The molecule has 3 heteroatoms. The van der Waals surface area contributed by atoms with Crippen LogP contribution >= 0.6 is 0 Å². The van der Waals surface area contributed by atoms with E-state index >= 15 is 0 Å². The van der Waals surface area contributed by atoms with Crippen molar-refractivity contribution >= 4 is 10.9 Å².